The Kier molecular flexibility index (Phi) is 4.71. The molecular formula is C11H19NO3S2. The lowest BCUT2D eigenvalue weighted by molar-refractivity contribution is 0.172. The molecule has 1 rings (SSSR count). The van der Waals surface area contributed by atoms with Gasteiger partial charge in [0.15, 0.2) is 0 Å². The van der Waals surface area contributed by atoms with Gasteiger partial charge in [-0.05, 0) is 31.9 Å². The Labute approximate surface area is 107 Å². The van der Waals surface area contributed by atoms with Crippen LogP contribution in [-0.4, -0.2) is 25.7 Å². The summed E-state index contributed by atoms with van der Waals surface area (Å²) in [4.78, 5) is 0.952. The summed E-state index contributed by atoms with van der Waals surface area (Å²) in [5.74, 6) is 0. The second-order valence-corrected chi connectivity index (χ2v) is 7.31. The van der Waals surface area contributed by atoms with E-state index in [4.69, 9.17) is 0 Å². The van der Waals surface area contributed by atoms with Crippen molar-refractivity contribution in [3.63, 3.8) is 0 Å². The smallest absolute Gasteiger partial charge is 0.250 e. The number of aliphatic hydroxyl groups excluding tert-OH is 1. The first-order valence-corrected chi connectivity index (χ1v) is 7.90. The zero-order valence-corrected chi connectivity index (χ0v) is 12.0. The molecule has 17 heavy (non-hydrogen) atoms. The monoisotopic (exact) mass is 277 g/mol. The largest absolute Gasteiger partial charge is 0.394 e. The van der Waals surface area contributed by atoms with Crippen LogP contribution < -0.4 is 4.72 Å². The summed E-state index contributed by atoms with van der Waals surface area (Å²) in [5.41, 5.74) is -0.753. The zero-order chi connectivity index (χ0) is 13.1. The van der Waals surface area contributed by atoms with Crippen molar-refractivity contribution in [1.82, 2.24) is 4.72 Å². The van der Waals surface area contributed by atoms with E-state index in [2.05, 4.69) is 4.72 Å². The van der Waals surface area contributed by atoms with Crippen molar-refractivity contribution >= 4 is 21.4 Å². The molecule has 0 radical (unpaired) electrons. The van der Waals surface area contributed by atoms with Crippen LogP contribution in [0.3, 0.4) is 0 Å². The average Bonchev–Trinajstić information content (AvgIpc) is 2.74. The van der Waals surface area contributed by atoms with Crippen molar-refractivity contribution in [3.05, 3.63) is 17.0 Å². The number of aliphatic hydroxyl groups is 1. The van der Waals surface area contributed by atoms with E-state index in [-0.39, 0.29) is 6.61 Å². The minimum absolute atomic E-state index is 0.191. The van der Waals surface area contributed by atoms with Crippen molar-refractivity contribution in [3.8, 4) is 0 Å². The fourth-order valence-electron chi connectivity index (χ4n) is 1.54. The Bertz CT molecular complexity index is 453. The second kappa shape index (κ2) is 5.48. The quantitative estimate of drug-likeness (QED) is 0.834. The molecule has 0 aliphatic heterocycles. The lowest BCUT2D eigenvalue weighted by Crippen LogP contribution is -2.50. The van der Waals surface area contributed by atoms with Gasteiger partial charge in [-0.25, -0.2) is 13.1 Å². The van der Waals surface area contributed by atoms with E-state index in [0.29, 0.717) is 17.1 Å². The van der Waals surface area contributed by atoms with Gasteiger partial charge in [-0.2, -0.15) is 0 Å². The molecule has 0 unspecified atom stereocenters. The SMILES string of the molecule is CCC(CC)(CO)NS(=O)(=O)c1ccc(C)s1. The van der Waals surface area contributed by atoms with Gasteiger partial charge in [0.05, 0.1) is 12.1 Å². The first kappa shape index (κ1) is 14.6. The summed E-state index contributed by atoms with van der Waals surface area (Å²) in [6.07, 6.45) is 1.12. The standard InChI is InChI=1S/C11H19NO3S2/c1-4-11(5-2,8-13)12-17(14,15)10-7-6-9(3)16-10/h6-7,12-13H,4-5,8H2,1-3H3. The maximum absolute atomic E-state index is 12.1. The Hall–Kier alpha value is -0.430. The van der Waals surface area contributed by atoms with E-state index in [0.717, 1.165) is 4.88 Å². The molecule has 0 aromatic carbocycles. The molecule has 98 valence electrons. The van der Waals surface area contributed by atoms with Gasteiger partial charge in [-0.1, -0.05) is 13.8 Å². The molecule has 4 nitrogen and oxygen atoms in total. The highest BCUT2D eigenvalue weighted by atomic mass is 32.2. The normalized spacial score (nSPS) is 12.9. The van der Waals surface area contributed by atoms with Gasteiger partial charge in [0.2, 0.25) is 0 Å². The van der Waals surface area contributed by atoms with E-state index in [1.54, 1.807) is 12.1 Å². The minimum atomic E-state index is -3.52. The van der Waals surface area contributed by atoms with Crippen LogP contribution >= 0.6 is 11.3 Å². The average molecular weight is 277 g/mol. The van der Waals surface area contributed by atoms with Gasteiger partial charge in [-0.15, -0.1) is 11.3 Å². The lowest BCUT2D eigenvalue weighted by atomic mass is 9.96. The van der Waals surface area contributed by atoms with E-state index in [1.807, 2.05) is 20.8 Å². The van der Waals surface area contributed by atoms with Crippen LogP contribution in [0.15, 0.2) is 16.3 Å². The molecule has 0 aliphatic rings. The van der Waals surface area contributed by atoms with Gasteiger partial charge in [0.25, 0.3) is 10.0 Å². The van der Waals surface area contributed by atoms with Crippen molar-refractivity contribution < 1.29 is 13.5 Å². The van der Waals surface area contributed by atoms with E-state index < -0.39 is 15.6 Å². The number of aryl methyl sites for hydroxylation is 1. The highest BCUT2D eigenvalue weighted by Crippen LogP contribution is 2.24. The van der Waals surface area contributed by atoms with Crippen LogP contribution in [-0.2, 0) is 10.0 Å². The zero-order valence-electron chi connectivity index (χ0n) is 10.4. The van der Waals surface area contributed by atoms with Crippen LogP contribution in [0.1, 0.15) is 31.6 Å². The van der Waals surface area contributed by atoms with Gasteiger partial charge in [-0.3, -0.25) is 0 Å². The molecule has 1 aromatic heterocycles. The summed E-state index contributed by atoms with van der Waals surface area (Å²) >= 11 is 1.23. The third-order valence-corrected chi connectivity index (χ3v) is 6.06. The predicted molar refractivity (Wildman–Crippen MR) is 69.8 cm³/mol. The Balaban J connectivity index is 3.00. The summed E-state index contributed by atoms with van der Waals surface area (Å²) in [6.45, 7) is 5.40. The number of rotatable bonds is 6. The van der Waals surface area contributed by atoms with Crippen molar-refractivity contribution in [2.24, 2.45) is 0 Å². The molecular weight excluding hydrogens is 258 g/mol. The first-order valence-electron chi connectivity index (χ1n) is 5.60. The Morgan fingerprint density at radius 2 is 1.94 bits per heavy atom. The van der Waals surface area contributed by atoms with Crippen LogP contribution in [0, 0.1) is 6.92 Å². The number of thiophene rings is 1. The third-order valence-electron chi connectivity index (χ3n) is 2.99. The molecule has 0 amide bonds. The molecule has 0 saturated heterocycles. The summed E-state index contributed by atoms with van der Waals surface area (Å²) in [5, 5.41) is 9.37. The fourth-order valence-corrected chi connectivity index (χ4v) is 4.36. The van der Waals surface area contributed by atoms with Crippen LogP contribution in [0.2, 0.25) is 0 Å². The number of sulfonamides is 1. The number of hydrogen-bond acceptors (Lipinski definition) is 4. The predicted octanol–water partition coefficient (Wildman–Crippen LogP) is 1.89. The molecule has 1 aromatic rings. The third kappa shape index (κ3) is 3.28. The van der Waals surface area contributed by atoms with Gasteiger partial charge in [0.1, 0.15) is 4.21 Å². The number of hydrogen-bond donors (Lipinski definition) is 2. The first-order chi connectivity index (χ1) is 7.89. The number of nitrogens with one attached hydrogen (secondary N) is 1. The van der Waals surface area contributed by atoms with Gasteiger partial charge >= 0.3 is 0 Å². The summed E-state index contributed by atoms with van der Waals surface area (Å²) in [6, 6.07) is 3.37. The van der Waals surface area contributed by atoms with Crippen molar-refractivity contribution in [2.45, 2.75) is 43.4 Å². The summed E-state index contributed by atoms with van der Waals surface area (Å²) in [7, 11) is -3.52. The molecule has 6 heteroatoms. The topological polar surface area (TPSA) is 66.4 Å². The fraction of sp³-hybridized carbons (Fsp3) is 0.636. The molecule has 0 atom stereocenters. The Morgan fingerprint density at radius 3 is 2.29 bits per heavy atom. The molecule has 1 heterocycles. The van der Waals surface area contributed by atoms with Gasteiger partial charge < -0.3 is 5.11 Å². The molecule has 0 bridgehead atoms. The molecule has 0 spiro atoms. The van der Waals surface area contributed by atoms with E-state index >= 15 is 0 Å². The van der Waals surface area contributed by atoms with Crippen LogP contribution in [0.4, 0.5) is 0 Å². The maximum Gasteiger partial charge on any atom is 0.250 e. The Morgan fingerprint density at radius 1 is 1.35 bits per heavy atom. The van der Waals surface area contributed by atoms with Gasteiger partial charge in [0, 0.05) is 4.88 Å². The van der Waals surface area contributed by atoms with Crippen LogP contribution in [0.5, 0.6) is 0 Å². The molecule has 0 aliphatic carbocycles. The van der Waals surface area contributed by atoms with E-state index in [1.165, 1.54) is 11.3 Å². The highest BCUT2D eigenvalue weighted by Gasteiger charge is 2.31. The molecule has 0 saturated carbocycles. The molecule has 2 N–H and O–H groups in total. The van der Waals surface area contributed by atoms with Crippen molar-refractivity contribution in [2.75, 3.05) is 6.61 Å². The maximum atomic E-state index is 12.1. The van der Waals surface area contributed by atoms with Crippen LogP contribution in [0.25, 0.3) is 0 Å². The highest BCUT2D eigenvalue weighted by molar-refractivity contribution is 7.91. The van der Waals surface area contributed by atoms with Crippen molar-refractivity contribution in [1.29, 1.82) is 0 Å². The minimum Gasteiger partial charge on any atom is -0.394 e. The van der Waals surface area contributed by atoms with E-state index in [9.17, 15) is 13.5 Å². The molecule has 0 fully saturated rings. The second-order valence-electron chi connectivity index (χ2n) is 4.12. The summed E-state index contributed by atoms with van der Waals surface area (Å²) < 4.78 is 27.2. The lowest BCUT2D eigenvalue weighted by Gasteiger charge is -2.29.